The molecule has 0 saturated carbocycles. The highest BCUT2D eigenvalue weighted by Crippen LogP contribution is 2.23. The Morgan fingerprint density at radius 1 is 1.08 bits per heavy atom. The van der Waals surface area contributed by atoms with Gasteiger partial charge in [-0.15, -0.1) is 0 Å². The van der Waals surface area contributed by atoms with E-state index in [0.717, 1.165) is 16.7 Å². The second-order valence-electron chi connectivity index (χ2n) is 4.56. The Morgan fingerprint density at radius 3 is 2.42 bits per heavy atom. The first-order valence-electron chi connectivity index (χ1n) is 7.14. The summed E-state index contributed by atoms with van der Waals surface area (Å²) in [5.41, 5.74) is 0.899. The second-order valence-corrected chi connectivity index (χ2v) is 5.41. The summed E-state index contributed by atoms with van der Waals surface area (Å²) in [6.45, 7) is 2.28. The van der Waals surface area contributed by atoms with Gasteiger partial charge in [0.1, 0.15) is 11.2 Å². The Balaban J connectivity index is 2.00. The summed E-state index contributed by atoms with van der Waals surface area (Å²) in [5, 5.41) is 15.6. The van der Waals surface area contributed by atoms with Crippen molar-refractivity contribution in [3.8, 4) is 11.2 Å². The molecule has 0 atom stereocenters. The number of benzene rings is 2. The maximum Gasteiger partial charge on any atom is 0.314 e. The summed E-state index contributed by atoms with van der Waals surface area (Å²) in [4.78, 5) is 24.7. The Labute approximate surface area is 143 Å². The Kier molecular flexibility index (Phi) is 6.23. The number of hydrogen-bond acceptors (Lipinski definition) is 5. The van der Waals surface area contributed by atoms with Crippen molar-refractivity contribution >= 4 is 35.0 Å². The maximum absolute atomic E-state index is 12.0. The molecule has 0 saturated heterocycles. The van der Waals surface area contributed by atoms with Gasteiger partial charge >= 0.3 is 11.8 Å². The summed E-state index contributed by atoms with van der Waals surface area (Å²) in [5.74, 6) is -1.08. The van der Waals surface area contributed by atoms with Crippen LogP contribution >= 0.6 is 11.8 Å². The van der Waals surface area contributed by atoms with Crippen LogP contribution in [0.15, 0.2) is 53.4 Å². The number of carbonyl (C=O) groups excluding carboxylic acids is 2. The zero-order valence-electron chi connectivity index (χ0n) is 12.9. The van der Waals surface area contributed by atoms with Gasteiger partial charge in [0.15, 0.2) is 0 Å². The minimum Gasteiger partial charge on any atom is -0.492 e. The third-order valence-electron chi connectivity index (χ3n) is 2.92. The van der Waals surface area contributed by atoms with Gasteiger partial charge in [0.05, 0.1) is 12.3 Å². The maximum atomic E-state index is 12.0. The quantitative estimate of drug-likeness (QED) is 0.495. The van der Waals surface area contributed by atoms with E-state index in [1.165, 1.54) is 0 Å². The molecule has 0 spiro atoms. The van der Waals surface area contributed by atoms with Gasteiger partial charge in [-0.1, -0.05) is 12.1 Å². The first-order chi connectivity index (χ1) is 11.6. The summed E-state index contributed by atoms with van der Waals surface area (Å²) in [6.07, 6.45) is 0. The number of anilines is 2. The van der Waals surface area contributed by atoms with Gasteiger partial charge in [0.25, 0.3) is 0 Å². The molecule has 122 valence electrons. The highest BCUT2D eigenvalue weighted by atomic mass is 32.2. The molecule has 2 rings (SSSR count). The summed E-state index contributed by atoms with van der Waals surface area (Å²) >= 11 is 1.02. The van der Waals surface area contributed by atoms with Crippen molar-refractivity contribution in [2.24, 2.45) is 0 Å². The number of hydrogen-bond donors (Lipinski definition) is 2. The Bertz CT molecular complexity index is 769. The molecular formula is C17H15N3O3S. The molecule has 6 nitrogen and oxygen atoms in total. The van der Waals surface area contributed by atoms with E-state index in [0.29, 0.717) is 23.7 Å². The third kappa shape index (κ3) is 4.76. The zero-order valence-corrected chi connectivity index (χ0v) is 13.7. The standard InChI is InChI=1S/C17H15N3O3S/c1-2-23-15-6-4-3-5-14(15)20-17(22)16(21)19-12-7-9-13(10-8-12)24-11-18/h3-10H,2H2,1H3,(H,19,21)(H,20,22). The van der Waals surface area contributed by atoms with Crippen molar-refractivity contribution in [2.75, 3.05) is 17.2 Å². The van der Waals surface area contributed by atoms with Crippen LogP contribution in [0, 0.1) is 10.7 Å². The number of nitrogens with zero attached hydrogens (tertiary/aromatic N) is 1. The second kappa shape index (κ2) is 8.60. The van der Waals surface area contributed by atoms with E-state index in [2.05, 4.69) is 10.6 Å². The van der Waals surface area contributed by atoms with E-state index in [9.17, 15) is 9.59 Å². The first-order valence-corrected chi connectivity index (χ1v) is 7.96. The minimum atomic E-state index is -0.794. The fraction of sp³-hybridized carbons (Fsp3) is 0.118. The molecule has 2 aromatic carbocycles. The number of para-hydroxylation sites is 2. The third-order valence-corrected chi connectivity index (χ3v) is 3.52. The van der Waals surface area contributed by atoms with Crippen LogP contribution in [-0.4, -0.2) is 18.4 Å². The molecule has 0 unspecified atom stereocenters. The molecule has 0 aromatic heterocycles. The normalized spacial score (nSPS) is 9.67. The van der Waals surface area contributed by atoms with Crippen molar-refractivity contribution in [2.45, 2.75) is 11.8 Å². The summed E-state index contributed by atoms with van der Waals surface area (Å²) in [7, 11) is 0. The molecule has 0 bridgehead atoms. The highest BCUT2D eigenvalue weighted by Gasteiger charge is 2.16. The first kappa shape index (κ1) is 17.4. The lowest BCUT2D eigenvalue weighted by Crippen LogP contribution is -2.29. The minimum absolute atomic E-state index is 0.431. The van der Waals surface area contributed by atoms with Crippen LogP contribution in [0.2, 0.25) is 0 Å². The van der Waals surface area contributed by atoms with E-state index in [1.807, 2.05) is 12.3 Å². The van der Waals surface area contributed by atoms with Crippen LogP contribution in [0.5, 0.6) is 5.75 Å². The fourth-order valence-corrected chi connectivity index (χ4v) is 2.25. The number of nitriles is 1. The van der Waals surface area contributed by atoms with Crippen LogP contribution in [0.4, 0.5) is 11.4 Å². The van der Waals surface area contributed by atoms with Crippen molar-refractivity contribution in [3.05, 3.63) is 48.5 Å². The average molecular weight is 341 g/mol. The fourth-order valence-electron chi connectivity index (χ4n) is 1.88. The number of carbonyl (C=O) groups is 2. The average Bonchev–Trinajstić information content (AvgIpc) is 2.59. The smallest absolute Gasteiger partial charge is 0.314 e. The molecule has 0 aliphatic heterocycles. The van der Waals surface area contributed by atoms with Crippen molar-refractivity contribution in [3.63, 3.8) is 0 Å². The molecule has 2 N–H and O–H groups in total. The van der Waals surface area contributed by atoms with Crippen LogP contribution in [-0.2, 0) is 9.59 Å². The zero-order chi connectivity index (χ0) is 17.4. The molecule has 24 heavy (non-hydrogen) atoms. The lowest BCUT2D eigenvalue weighted by atomic mass is 10.3. The Morgan fingerprint density at radius 2 is 1.75 bits per heavy atom. The van der Waals surface area contributed by atoms with Gasteiger partial charge in [0, 0.05) is 10.6 Å². The van der Waals surface area contributed by atoms with Crippen LogP contribution in [0.3, 0.4) is 0 Å². The largest absolute Gasteiger partial charge is 0.492 e. The van der Waals surface area contributed by atoms with Crippen molar-refractivity contribution in [1.82, 2.24) is 0 Å². The number of thioether (sulfide) groups is 1. The Hall–Kier alpha value is -2.98. The van der Waals surface area contributed by atoms with Gasteiger partial charge in [-0.3, -0.25) is 9.59 Å². The topological polar surface area (TPSA) is 91.2 Å². The van der Waals surface area contributed by atoms with E-state index >= 15 is 0 Å². The molecule has 2 aromatic rings. The molecule has 7 heteroatoms. The van der Waals surface area contributed by atoms with E-state index in [-0.39, 0.29) is 0 Å². The van der Waals surface area contributed by atoms with E-state index < -0.39 is 11.8 Å². The molecule has 0 aliphatic rings. The van der Waals surface area contributed by atoms with Gasteiger partial charge < -0.3 is 15.4 Å². The van der Waals surface area contributed by atoms with Crippen LogP contribution < -0.4 is 15.4 Å². The monoisotopic (exact) mass is 341 g/mol. The van der Waals surface area contributed by atoms with Gasteiger partial charge in [0.2, 0.25) is 0 Å². The number of ether oxygens (including phenoxy) is 1. The van der Waals surface area contributed by atoms with Gasteiger partial charge in [-0.25, -0.2) is 0 Å². The molecule has 0 heterocycles. The molecule has 2 amide bonds. The predicted molar refractivity (Wildman–Crippen MR) is 92.8 cm³/mol. The molecule has 0 radical (unpaired) electrons. The van der Waals surface area contributed by atoms with Gasteiger partial charge in [-0.2, -0.15) is 5.26 Å². The molecule has 0 fully saturated rings. The summed E-state index contributed by atoms with van der Waals surface area (Å²) in [6, 6.07) is 13.5. The number of rotatable bonds is 5. The van der Waals surface area contributed by atoms with Gasteiger partial charge in [-0.05, 0) is 55.1 Å². The van der Waals surface area contributed by atoms with E-state index in [1.54, 1.807) is 48.5 Å². The van der Waals surface area contributed by atoms with Crippen LogP contribution in [0.1, 0.15) is 6.92 Å². The SMILES string of the molecule is CCOc1ccccc1NC(=O)C(=O)Nc1ccc(SC#N)cc1. The lowest BCUT2D eigenvalue weighted by molar-refractivity contribution is -0.133. The molecular weight excluding hydrogens is 326 g/mol. The highest BCUT2D eigenvalue weighted by molar-refractivity contribution is 8.03. The predicted octanol–water partition coefficient (Wildman–Crippen LogP) is 3.24. The molecule has 0 aliphatic carbocycles. The summed E-state index contributed by atoms with van der Waals surface area (Å²) < 4.78 is 5.40. The number of thiocyanates is 1. The van der Waals surface area contributed by atoms with Crippen LogP contribution in [0.25, 0.3) is 0 Å². The van der Waals surface area contributed by atoms with E-state index in [4.69, 9.17) is 10.00 Å². The number of nitrogens with one attached hydrogen (secondary N) is 2. The van der Waals surface area contributed by atoms with Crippen molar-refractivity contribution in [1.29, 1.82) is 5.26 Å². The van der Waals surface area contributed by atoms with Crippen molar-refractivity contribution < 1.29 is 14.3 Å². The lowest BCUT2D eigenvalue weighted by Gasteiger charge is -2.11. The number of amides is 2.